The van der Waals surface area contributed by atoms with Crippen LogP contribution in [0.5, 0.6) is 0 Å². The van der Waals surface area contributed by atoms with Crippen molar-refractivity contribution < 1.29 is 45.6 Å². The minimum Gasteiger partial charge on any atom is -0.394 e. The lowest BCUT2D eigenvalue weighted by atomic mass is 9.90. The molecule has 9 nitrogen and oxygen atoms in total. The van der Waals surface area contributed by atoms with Gasteiger partial charge in [0.1, 0.15) is 36.6 Å². The van der Waals surface area contributed by atoms with Crippen molar-refractivity contribution in [3.8, 4) is 0 Å². The SMILES string of the molecule is OC[C@@H](O)[C@@H](O)[C@H](O)CC1O[C@H](CO)[C@@H](O)[C@H](O)[C@H]1O. The van der Waals surface area contributed by atoms with Gasteiger partial charge in [0.15, 0.2) is 0 Å². The third kappa shape index (κ3) is 3.85. The first kappa shape index (κ1) is 17.7. The van der Waals surface area contributed by atoms with Gasteiger partial charge in [-0.05, 0) is 0 Å². The van der Waals surface area contributed by atoms with E-state index in [1.165, 1.54) is 0 Å². The van der Waals surface area contributed by atoms with Crippen LogP contribution in [-0.4, -0.2) is 103 Å². The summed E-state index contributed by atoms with van der Waals surface area (Å²) in [6, 6.07) is 0. The van der Waals surface area contributed by atoms with E-state index in [0.717, 1.165) is 0 Å². The number of hydrogen-bond acceptors (Lipinski definition) is 9. The molecular weight excluding hydrogens is 276 g/mol. The van der Waals surface area contributed by atoms with Gasteiger partial charge < -0.3 is 45.6 Å². The summed E-state index contributed by atoms with van der Waals surface area (Å²) in [4.78, 5) is 0. The van der Waals surface area contributed by atoms with Crippen molar-refractivity contribution in [1.29, 1.82) is 0 Å². The molecule has 0 bridgehead atoms. The van der Waals surface area contributed by atoms with Gasteiger partial charge in [-0.1, -0.05) is 0 Å². The van der Waals surface area contributed by atoms with E-state index in [0.29, 0.717) is 0 Å². The van der Waals surface area contributed by atoms with Gasteiger partial charge in [-0.15, -0.1) is 0 Å². The first-order valence-corrected chi connectivity index (χ1v) is 6.29. The van der Waals surface area contributed by atoms with Crippen molar-refractivity contribution in [3.63, 3.8) is 0 Å². The zero-order chi connectivity index (χ0) is 15.4. The molecule has 8 N–H and O–H groups in total. The van der Waals surface area contributed by atoms with Crippen LogP contribution in [-0.2, 0) is 4.74 Å². The minimum atomic E-state index is -1.66. The molecule has 0 aromatic heterocycles. The molecule has 1 aliphatic heterocycles. The molecule has 20 heavy (non-hydrogen) atoms. The lowest BCUT2D eigenvalue weighted by Gasteiger charge is -2.41. The number of rotatable bonds is 6. The highest BCUT2D eigenvalue weighted by molar-refractivity contribution is 4.93. The van der Waals surface area contributed by atoms with Crippen LogP contribution in [0.15, 0.2) is 0 Å². The largest absolute Gasteiger partial charge is 0.394 e. The van der Waals surface area contributed by atoms with Crippen molar-refractivity contribution in [2.45, 2.75) is 55.3 Å². The van der Waals surface area contributed by atoms with E-state index >= 15 is 0 Å². The Morgan fingerprint density at radius 1 is 0.800 bits per heavy atom. The second-order valence-corrected chi connectivity index (χ2v) is 4.91. The van der Waals surface area contributed by atoms with Crippen LogP contribution in [0.25, 0.3) is 0 Å². The van der Waals surface area contributed by atoms with Crippen molar-refractivity contribution in [2.75, 3.05) is 13.2 Å². The Balaban J connectivity index is 2.66. The summed E-state index contributed by atoms with van der Waals surface area (Å²) in [7, 11) is 0. The van der Waals surface area contributed by atoms with Crippen LogP contribution in [0, 0.1) is 0 Å². The normalized spacial score (nSPS) is 39.3. The third-order valence-electron chi connectivity index (χ3n) is 3.44. The van der Waals surface area contributed by atoms with E-state index in [-0.39, 0.29) is 6.42 Å². The van der Waals surface area contributed by atoms with Crippen molar-refractivity contribution >= 4 is 0 Å². The van der Waals surface area contributed by atoms with E-state index in [9.17, 15) is 30.6 Å². The number of ether oxygens (including phenoxy) is 1. The lowest BCUT2D eigenvalue weighted by molar-refractivity contribution is -0.237. The summed E-state index contributed by atoms with van der Waals surface area (Å²) >= 11 is 0. The molecule has 0 spiro atoms. The predicted molar refractivity (Wildman–Crippen MR) is 63.5 cm³/mol. The van der Waals surface area contributed by atoms with Gasteiger partial charge in [-0.25, -0.2) is 0 Å². The predicted octanol–water partition coefficient (Wildman–Crippen LogP) is -4.71. The molecule has 1 unspecified atom stereocenters. The second kappa shape index (κ2) is 7.59. The van der Waals surface area contributed by atoms with Crippen LogP contribution in [0.1, 0.15) is 6.42 Å². The van der Waals surface area contributed by atoms with E-state index in [4.69, 9.17) is 14.9 Å². The van der Waals surface area contributed by atoms with Crippen molar-refractivity contribution in [3.05, 3.63) is 0 Å². The summed E-state index contributed by atoms with van der Waals surface area (Å²) < 4.78 is 5.14. The maximum absolute atomic E-state index is 9.73. The summed E-state index contributed by atoms with van der Waals surface area (Å²) in [5.41, 5.74) is 0. The Bertz CT molecular complexity index is 287. The molecule has 1 heterocycles. The first-order valence-electron chi connectivity index (χ1n) is 6.29. The second-order valence-electron chi connectivity index (χ2n) is 4.91. The van der Waals surface area contributed by atoms with Gasteiger partial charge in [-0.2, -0.15) is 0 Å². The fourth-order valence-corrected chi connectivity index (χ4v) is 2.12. The first-order chi connectivity index (χ1) is 9.33. The molecule has 0 radical (unpaired) electrons. The Kier molecular flexibility index (Phi) is 6.72. The minimum absolute atomic E-state index is 0.361. The molecule has 1 aliphatic rings. The van der Waals surface area contributed by atoms with E-state index in [1.54, 1.807) is 0 Å². The number of aliphatic hydroxyl groups is 8. The third-order valence-corrected chi connectivity index (χ3v) is 3.44. The summed E-state index contributed by atoms with van der Waals surface area (Å²) in [6.07, 6.45) is -12.0. The molecule has 0 aliphatic carbocycles. The summed E-state index contributed by atoms with van der Waals surface area (Å²) in [6.45, 7) is -1.35. The topological polar surface area (TPSA) is 171 Å². The molecule has 1 saturated heterocycles. The average Bonchev–Trinajstić information content (AvgIpc) is 2.45. The molecule has 8 atom stereocenters. The van der Waals surface area contributed by atoms with Gasteiger partial charge in [-0.3, -0.25) is 0 Å². The van der Waals surface area contributed by atoms with Gasteiger partial charge in [0.25, 0.3) is 0 Å². The standard InChI is InChI=1S/C11H22O9/c12-2-5(15)8(16)4(14)1-6-9(17)11(19)10(18)7(3-13)20-6/h4-19H,1-3H2/t4-,5-,6?,7-,8+,9+,10-,11-/m1/s1. The van der Waals surface area contributed by atoms with Crippen LogP contribution in [0.2, 0.25) is 0 Å². The van der Waals surface area contributed by atoms with Gasteiger partial charge in [0, 0.05) is 6.42 Å². The Morgan fingerprint density at radius 3 is 1.85 bits per heavy atom. The van der Waals surface area contributed by atoms with Crippen LogP contribution in [0.3, 0.4) is 0 Å². The molecule has 1 fully saturated rings. The zero-order valence-corrected chi connectivity index (χ0v) is 10.7. The fourth-order valence-electron chi connectivity index (χ4n) is 2.12. The van der Waals surface area contributed by atoms with E-state index in [1.807, 2.05) is 0 Å². The zero-order valence-electron chi connectivity index (χ0n) is 10.7. The maximum atomic E-state index is 9.73. The molecular formula is C11H22O9. The van der Waals surface area contributed by atoms with E-state index < -0.39 is 62.0 Å². The van der Waals surface area contributed by atoms with Crippen LogP contribution < -0.4 is 0 Å². The molecule has 9 heteroatoms. The molecule has 0 saturated carbocycles. The molecule has 0 aromatic rings. The Hall–Kier alpha value is -0.360. The quantitative estimate of drug-likeness (QED) is 0.240. The van der Waals surface area contributed by atoms with Gasteiger partial charge in [0.05, 0.1) is 25.4 Å². The van der Waals surface area contributed by atoms with Crippen molar-refractivity contribution in [2.24, 2.45) is 0 Å². The summed E-state index contributed by atoms with van der Waals surface area (Å²) in [5, 5.41) is 74.9. The highest BCUT2D eigenvalue weighted by Gasteiger charge is 2.44. The fraction of sp³-hybridized carbons (Fsp3) is 1.00. The highest BCUT2D eigenvalue weighted by atomic mass is 16.5. The Morgan fingerprint density at radius 2 is 1.35 bits per heavy atom. The van der Waals surface area contributed by atoms with Crippen molar-refractivity contribution in [1.82, 2.24) is 0 Å². The van der Waals surface area contributed by atoms with Gasteiger partial charge >= 0.3 is 0 Å². The lowest BCUT2D eigenvalue weighted by Crippen LogP contribution is -2.59. The monoisotopic (exact) mass is 298 g/mol. The molecule has 0 amide bonds. The van der Waals surface area contributed by atoms with Crippen LogP contribution in [0.4, 0.5) is 0 Å². The van der Waals surface area contributed by atoms with E-state index in [2.05, 4.69) is 0 Å². The highest BCUT2D eigenvalue weighted by Crippen LogP contribution is 2.25. The molecule has 120 valence electrons. The Labute approximate surface area is 115 Å². The maximum Gasteiger partial charge on any atom is 0.111 e. The number of aliphatic hydroxyl groups excluding tert-OH is 8. The molecule has 0 aromatic carbocycles. The average molecular weight is 298 g/mol. The van der Waals surface area contributed by atoms with Crippen LogP contribution >= 0.6 is 0 Å². The molecule has 1 rings (SSSR count). The number of hydrogen-bond donors (Lipinski definition) is 8. The smallest absolute Gasteiger partial charge is 0.111 e. The summed E-state index contributed by atoms with van der Waals surface area (Å²) in [5.74, 6) is 0. The van der Waals surface area contributed by atoms with Gasteiger partial charge in [0.2, 0.25) is 0 Å².